The molecule has 4 heterocycles. The molecule has 0 aliphatic heterocycles. The largest absolute Gasteiger partial charge is 0.465 e. The molecule has 0 amide bonds. The topological polar surface area (TPSA) is 138 Å². The van der Waals surface area contributed by atoms with Gasteiger partial charge in [0.15, 0.2) is 0 Å². The van der Waals surface area contributed by atoms with E-state index in [2.05, 4.69) is 40.8 Å². The number of hydrogen-bond acceptors (Lipinski definition) is 10. The normalized spacial score (nSPS) is 14.5. The Kier molecular flexibility index (Phi) is 6.71. The van der Waals surface area contributed by atoms with Gasteiger partial charge in [-0.3, -0.25) is 9.36 Å². The van der Waals surface area contributed by atoms with Gasteiger partial charge in [0.2, 0.25) is 11.9 Å². The second kappa shape index (κ2) is 10.7. The molecule has 2 saturated carbocycles. The number of methoxy groups -OCH3 is 1. The molecule has 0 radical (unpaired) electrons. The first kappa shape index (κ1) is 26.4. The average molecular weight is 603 g/mol. The molecule has 0 unspecified atom stereocenters. The van der Waals surface area contributed by atoms with Gasteiger partial charge in [0.1, 0.15) is 0 Å². The van der Waals surface area contributed by atoms with Crippen LogP contribution in [0.3, 0.4) is 0 Å². The Labute approximate surface area is 250 Å². The van der Waals surface area contributed by atoms with E-state index in [1.165, 1.54) is 19.5 Å². The Balaban J connectivity index is 1.23. The first-order chi connectivity index (χ1) is 20.4. The Hall–Kier alpha value is -4.55. The van der Waals surface area contributed by atoms with Gasteiger partial charge in [-0.05, 0) is 37.8 Å². The molecule has 0 atom stereocenters. The molecule has 5 aromatic rings. The number of nitrogens with zero attached hydrogens (tertiary/aromatic N) is 8. The molecule has 2 aliphatic rings. The van der Waals surface area contributed by atoms with Crippen molar-refractivity contribution in [2.75, 3.05) is 17.7 Å². The van der Waals surface area contributed by atoms with Gasteiger partial charge in [-0.2, -0.15) is 10.2 Å². The van der Waals surface area contributed by atoms with Crippen LogP contribution in [-0.4, -0.2) is 52.6 Å². The zero-order valence-electron chi connectivity index (χ0n) is 22.3. The molecule has 2 aliphatic carbocycles. The second-order valence-electron chi connectivity index (χ2n) is 10.2. The number of anilines is 4. The summed E-state index contributed by atoms with van der Waals surface area (Å²) in [5.74, 6) is 0.0983. The summed E-state index contributed by atoms with van der Waals surface area (Å²) in [7, 11) is 1.32. The summed E-state index contributed by atoms with van der Waals surface area (Å²) in [6.45, 7) is 0. The van der Waals surface area contributed by atoms with Crippen LogP contribution in [-0.2, 0) is 4.74 Å². The van der Waals surface area contributed by atoms with Crippen molar-refractivity contribution < 1.29 is 9.53 Å². The van der Waals surface area contributed by atoms with Crippen molar-refractivity contribution in [3.63, 3.8) is 0 Å². The summed E-state index contributed by atoms with van der Waals surface area (Å²) >= 11 is 13.2. The Morgan fingerprint density at radius 2 is 1.38 bits per heavy atom. The van der Waals surface area contributed by atoms with Crippen LogP contribution in [0, 0.1) is 0 Å². The molecule has 42 heavy (non-hydrogen) atoms. The minimum Gasteiger partial charge on any atom is -0.465 e. The summed E-state index contributed by atoms with van der Waals surface area (Å²) in [5, 5.41) is 15.7. The highest BCUT2D eigenvalue weighted by Crippen LogP contribution is 2.37. The maximum Gasteiger partial charge on any atom is 0.338 e. The van der Waals surface area contributed by atoms with Crippen molar-refractivity contribution in [3.05, 3.63) is 71.0 Å². The number of hydrogen-bond donors (Lipinski definition) is 2. The number of ether oxygens (including phenoxy) is 1. The van der Waals surface area contributed by atoms with E-state index in [4.69, 9.17) is 27.9 Å². The van der Waals surface area contributed by atoms with Crippen molar-refractivity contribution >= 4 is 52.4 Å². The third-order valence-corrected chi connectivity index (χ3v) is 7.55. The molecule has 2 N–H and O–H groups in total. The van der Waals surface area contributed by atoms with Crippen LogP contribution in [0.15, 0.2) is 55.4 Å². The van der Waals surface area contributed by atoms with Crippen LogP contribution in [0.25, 0.3) is 22.5 Å². The van der Waals surface area contributed by atoms with E-state index in [1.54, 1.807) is 30.6 Å². The fraction of sp³-hybridized carbons (Fsp3) is 0.250. The number of nitrogens with one attached hydrogen (secondary N) is 2. The minimum atomic E-state index is -0.546. The maximum absolute atomic E-state index is 12.8. The van der Waals surface area contributed by atoms with E-state index >= 15 is 0 Å². The molecule has 2 fully saturated rings. The quantitative estimate of drug-likeness (QED) is 0.186. The highest BCUT2D eigenvalue weighted by Gasteiger charge is 2.25. The van der Waals surface area contributed by atoms with Gasteiger partial charge in [0, 0.05) is 23.5 Å². The van der Waals surface area contributed by atoms with Crippen molar-refractivity contribution in [2.24, 2.45) is 0 Å². The first-order valence-corrected chi connectivity index (χ1v) is 14.1. The van der Waals surface area contributed by atoms with Crippen LogP contribution in [0.4, 0.5) is 23.3 Å². The van der Waals surface area contributed by atoms with Gasteiger partial charge in [0.05, 0.1) is 82.4 Å². The monoisotopic (exact) mass is 602 g/mol. The zero-order chi connectivity index (χ0) is 28.8. The van der Waals surface area contributed by atoms with Crippen molar-refractivity contribution in [1.82, 2.24) is 39.5 Å². The summed E-state index contributed by atoms with van der Waals surface area (Å²) in [6.07, 6.45) is 14.8. The molecule has 7 rings (SSSR count). The summed E-state index contributed by atoms with van der Waals surface area (Å²) in [4.78, 5) is 30.8. The van der Waals surface area contributed by atoms with Crippen LogP contribution in [0.5, 0.6) is 0 Å². The Bertz CT molecular complexity index is 1810. The zero-order valence-corrected chi connectivity index (χ0v) is 23.8. The number of carbonyl (C=O) groups excluding carboxylic acids is 1. The SMILES string of the molecule is COC(=O)c1ccc(-c2nc(Nc3cnn(C4CC4)c3)ncc2Cl)cc1-c1nc(Nc2cnn(C3CC3)c2)ncc1Cl. The molecular weight excluding hydrogens is 579 g/mol. The van der Waals surface area contributed by atoms with Crippen molar-refractivity contribution in [1.29, 1.82) is 0 Å². The molecular formula is C28H24Cl2N10O2. The molecule has 0 bridgehead atoms. The molecule has 0 saturated heterocycles. The maximum atomic E-state index is 12.8. The third-order valence-electron chi connectivity index (χ3n) is 7.00. The number of carbonyl (C=O) groups is 1. The lowest BCUT2D eigenvalue weighted by Gasteiger charge is -2.13. The number of rotatable bonds is 9. The number of aromatic nitrogens is 8. The third kappa shape index (κ3) is 5.38. The summed E-state index contributed by atoms with van der Waals surface area (Å²) in [5.41, 5.74) is 3.62. The highest BCUT2D eigenvalue weighted by molar-refractivity contribution is 6.33. The predicted molar refractivity (Wildman–Crippen MR) is 157 cm³/mol. The molecule has 12 nitrogen and oxygen atoms in total. The highest BCUT2D eigenvalue weighted by atomic mass is 35.5. The number of benzene rings is 1. The predicted octanol–water partition coefficient (Wildman–Crippen LogP) is 6.24. The van der Waals surface area contributed by atoms with E-state index in [-0.39, 0.29) is 10.6 Å². The van der Waals surface area contributed by atoms with Gasteiger partial charge in [-0.15, -0.1) is 0 Å². The fourth-order valence-electron chi connectivity index (χ4n) is 4.56. The molecule has 4 aromatic heterocycles. The van der Waals surface area contributed by atoms with E-state index in [9.17, 15) is 4.79 Å². The van der Waals surface area contributed by atoms with Gasteiger partial charge in [-0.1, -0.05) is 29.3 Å². The Morgan fingerprint density at radius 1 is 0.833 bits per heavy atom. The van der Waals surface area contributed by atoms with Gasteiger partial charge in [0.25, 0.3) is 0 Å². The summed E-state index contributed by atoms with van der Waals surface area (Å²) in [6, 6.07) is 6.02. The lowest BCUT2D eigenvalue weighted by molar-refractivity contribution is 0.0601. The lowest BCUT2D eigenvalue weighted by atomic mass is 9.99. The van der Waals surface area contributed by atoms with E-state index in [1.807, 2.05) is 21.8 Å². The fourth-order valence-corrected chi connectivity index (χ4v) is 4.96. The van der Waals surface area contributed by atoms with Gasteiger partial charge in [-0.25, -0.2) is 24.7 Å². The molecule has 14 heteroatoms. The van der Waals surface area contributed by atoms with Crippen molar-refractivity contribution in [2.45, 2.75) is 37.8 Å². The molecule has 0 spiro atoms. The lowest BCUT2D eigenvalue weighted by Crippen LogP contribution is -2.06. The Morgan fingerprint density at radius 3 is 1.93 bits per heavy atom. The first-order valence-electron chi connectivity index (χ1n) is 13.4. The van der Waals surface area contributed by atoms with Crippen LogP contribution in [0.2, 0.25) is 10.0 Å². The average Bonchev–Trinajstić information content (AvgIpc) is 3.94. The van der Waals surface area contributed by atoms with Crippen LogP contribution in [0.1, 0.15) is 48.1 Å². The van der Waals surface area contributed by atoms with E-state index < -0.39 is 5.97 Å². The van der Waals surface area contributed by atoms with Crippen LogP contribution < -0.4 is 10.6 Å². The standard InChI is InChI=1S/C28H24Cl2N10O2/c1-42-26(41)20-7-2-15(24-22(29)11-31-27(37-24)35-16-9-33-39(13-16)18-3-4-18)8-21(20)25-23(30)12-32-28(38-25)36-17-10-34-40(14-17)19-5-6-19/h2,7-14,18-19H,3-6H2,1H3,(H,31,35,37)(H,32,36,38). The van der Waals surface area contributed by atoms with Crippen molar-refractivity contribution in [3.8, 4) is 22.5 Å². The minimum absolute atomic E-state index is 0.250. The van der Waals surface area contributed by atoms with E-state index in [0.29, 0.717) is 51.5 Å². The molecule has 212 valence electrons. The number of esters is 1. The van der Waals surface area contributed by atoms with Gasteiger partial charge >= 0.3 is 5.97 Å². The van der Waals surface area contributed by atoms with Crippen LogP contribution >= 0.6 is 23.2 Å². The summed E-state index contributed by atoms with van der Waals surface area (Å²) < 4.78 is 8.91. The second-order valence-corrected chi connectivity index (χ2v) is 11.0. The number of halogens is 2. The molecule has 1 aromatic carbocycles. The van der Waals surface area contributed by atoms with E-state index in [0.717, 1.165) is 37.1 Å². The smallest absolute Gasteiger partial charge is 0.338 e. The van der Waals surface area contributed by atoms with Gasteiger partial charge < -0.3 is 15.4 Å².